The van der Waals surface area contributed by atoms with Gasteiger partial charge in [-0.15, -0.1) is 0 Å². The molecule has 0 aromatic rings. The molecule has 0 aromatic carbocycles. The highest BCUT2D eigenvalue weighted by molar-refractivity contribution is 4.77. The molecule has 1 radical (unpaired) electrons. The van der Waals surface area contributed by atoms with Gasteiger partial charge in [0.25, 0.3) is 0 Å². The van der Waals surface area contributed by atoms with Crippen LogP contribution >= 0.6 is 0 Å². The maximum Gasteiger partial charge on any atom is 0.108 e. The van der Waals surface area contributed by atoms with Crippen molar-refractivity contribution in [2.75, 3.05) is 6.54 Å². The molecule has 2 atom stereocenters. The quantitative estimate of drug-likeness (QED) is 0.620. The standard InChI is InChI=1S/C8H16NO/c1-2-8(10)7-5-3-4-6-9-7/h7-9H,2-6H2,1H3. The van der Waals surface area contributed by atoms with Crippen LogP contribution in [0.1, 0.15) is 32.6 Å². The molecular weight excluding hydrogens is 126 g/mol. The van der Waals surface area contributed by atoms with Crippen LogP contribution in [-0.2, 0) is 5.11 Å². The fourth-order valence-electron chi connectivity index (χ4n) is 1.48. The summed E-state index contributed by atoms with van der Waals surface area (Å²) < 4.78 is 0. The molecule has 0 saturated carbocycles. The van der Waals surface area contributed by atoms with Crippen LogP contribution in [0, 0.1) is 0 Å². The van der Waals surface area contributed by atoms with E-state index in [-0.39, 0.29) is 12.1 Å². The minimum atomic E-state index is -0.375. The van der Waals surface area contributed by atoms with E-state index in [1.54, 1.807) is 0 Å². The van der Waals surface area contributed by atoms with E-state index >= 15 is 0 Å². The number of piperidine rings is 1. The summed E-state index contributed by atoms with van der Waals surface area (Å²) in [6.45, 7) is 3.01. The summed E-state index contributed by atoms with van der Waals surface area (Å²) in [7, 11) is 0. The van der Waals surface area contributed by atoms with Gasteiger partial charge >= 0.3 is 0 Å². The molecule has 1 saturated heterocycles. The Morgan fingerprint density at radius 1 is 1.60 bits per heavy atom. The Balaban J connectivity index is 2.24. The molecule has 10 heavy (non-hydrogen) atoms. The normalized spacial score (nSPS) is 30.0. The van der Waals surface area contributed by atoms with Crippen molar-refractivity contribution in [1.82, 2.24) is 5.32 Å². The van der Waals surface area contributed by atoms with E-state index in [4.69, 9.17) is 0 Å². The van der Waals surface area contributed by atoms with Gasteiger partial charge in [0, 0.05) is 6.04 Å². The summed E-state index contributed by atoms with van der Waals surface area (Å²) >= 11 is 0. The highest BCUT2D eigenvalue weighted by Crippen LogP contribution is 2.12. The Labute approximate surface area is 62.6 Å². The molecular formula is C8H16NO. The zero-order valence-corrected chi connectivity index (χ0v) is 6.60. The fraction of sp³-hybridized carbons (Fsp3) is 1.00. The van der Waals surface area contributed by atoms with E-state index in [1.165, 1.54) is 12.8 Å². The van der Waals surface area contributed by atoms with E-state index in [1.807, 2.05) is 6.92 Å². The van der Waals surface area contributed by atoms with Crippen molar-refractivity contribution < 1.29 is 5.11 Å². The summed E-state index contributed by atoms with van der Waals surface area (Å²) in [4.78, 5) is 0. The molecule has 1 aliphatic rings. The Hall–Kier alpha value is -0.0800. The lowest BCUT2D eigenvalue weighted by Gasteiger charge is -2.25. The van der Waals surface area contributed by atoms with Crippen LogP contribution in [0.5, 0.6) is 0 Å². The molecule has 1 N–H and O–H groups in total. The molecule has 1 aliphatic heterocycles. The maximum absolute atomic E-state index is 11.2. The van der Waals surface area contributed by atoms with Crippen LogP contribution in [-0.4, -0.2) is 18.7 Å². The maximum atomic E-state index is 11.2. The molecule has 0 spiro atoms. The zero-order chi connectivity index (χ0) is 7.40. The molecule has 1 heterocycles. The highest BCUT2D eigenvalue weighted by atomic mass is 16.3. The third kappa shape index (κ3) is 1.96. The average molecular weight is 142 g/mol. The minimum Gasteiger partial charge on any atom is -0.311 e. The minimum absolute atomic E-state index is 0.263. The van der Waals surface area contributed by atoms with Crippen molar-refractivity contribution in [3.8, 4) is 0 Å². The lowest BCUT2D eigenvalue weighted by atomic mass is 9.99. The molecule has 0 aliphatic carbocycles. The van der Waals surface area contributed by atoms with Crippen molar-refractivity contribution in [3.05, 3.63) is 0 Å². The van der Waals surface area contributed by atoms with Crippen LogP contribution in [0.2, 0.25) is 0 Å². The topological polar surface area (TPSA) is 31.9 Å². The second-order valence-electron chi connectivity index (χ2n) is 3.00. The summed E-state index contributed by atoms with van der Waals surface area (Å²) in [5.74, 6) is 0. The van der Waals surface area contributed by atoms with Gasteiger partial charge in [0.2, 0.25) is 0 Å². The van der Waals surface area contributed by atoms with Gasteiger partial charge in [-0.25, -0.2) is 5.11 Å². The number of hydrogen-bond acceptors (Lipinski definition) is 1. The molecule has 0 amide bonds. The summed E-state index contributed by atoms with van der Waals surface area (Å²) in [6, 6.07) is 0.263. The summed E-state index contributed by atoms with van der Waals surface area (Å²) in [5, 5.41) is 14.4. The van der Waals surface area contributed by atoms with Gasteiger partial charge in [0.05, 0.1) is 0 Å². The van der Waals surface area contributed by atoms with Crippen LogP contribution < -0.4 is 5.32 Å². The van der Waals surface area contributed by atoms with Gasteiger partial charge in [-0.3, -0.25) is 0 Å². The van der Waals surface area contributed by atoms with Gasteiger partial charge in [-0.1, -0.05) is 13.3 Å². The third-order valence-electron chi connectivity index (χ3n) is 2.20. The zero-order valence-electron chi connectivity index (χ0n) is 6.60. The first-order chi connectivity index (χ1) is 4.84. The van der Waals surface area contributed by atoms with Gasteiger partial charge < -0.3 is 5.32 Å². The van der Waals surface area contributed by atoms with E-state index in [0.29, 0.717) is 0 Å². The molecule has 2 heteroatoms. The van der Waals surface area contributed by atoms with Crippen molar-refractivity contribution in [1.29, 1.82) is 0 Å². The molecule has 0 aromatic heterocycles. The van der Waals surface area contributed by atoms with E-state index < -0.39 is 0 Å². The second kappa shape index (κ2) is 3.94. The van der Waals surface area contributed by atoms with E-state index in [0.717, 1.165) is 19.4 Å². The second-order valence-corrected chi connectivity index (χ2v) is 3.00. The van der Waals surface area contributed by atoms with Crippen LogP contribution in [0.4, 0.5) is 0 Å². The molecule has 1 fully saturated rings. The van der Waals surface area contributed by atoms with E-state index in [9.17, 15) is 5.11 Å². The van der Waals surface area contributed by atoms with Crippen molar-refractivity contribution in [3.63, 3.8) is 0 Å². The average Bonchev–Trinajstić information content (AvgIpc) is 2.05. The Bertz CT molecular complexity index is 89.3. The number of rotatable bonds is 2. The smallest absolute Gasteiger partial charge is 0.108 e. The lowest BCUT2D eigenvalue weighted by molar-refractivity contribution is 0.0418. The first kappa shape index (κ1) is 8.02. The fourth-order valence-corrected chi connectivity index (χ4v) is 1.48. The first-order valence-corrected chi connectivity index (χ1v) is 4.23. The first-order valence-electron chi connectivity index (χ1n) is 4.23. The summed E-state index contributed by atoms with van der Waals surface area (Å²) in [6.07, 6.45) is 3.95. The molecule has 2 nitrogen and oxygen atoms in total. The van der Waals surface area contributed by atoms with Crippen LogP contribution in [0.25, 0.3) is 0 Å². The highest BCUT2D eigenvalue weighted by Gasteiger charge is 2.20. The van der Waals surface area contributed by atoms with Gasteiger partial charge in [-0.2, -0.15) is 0 Å². The van der Waals surface area contributed by atoms with Crippen LogP contribution in [0.15, 0.2) is 0 Å². The molecule has 1 rings (SSSR count). The Kier molecular flexibility index (Phi) is 3.16. The van der Waals surface area contributed by atoms with Crippen LogP contribution in [0.3, 0.4) is 0 Å². The number of hydrogen-bond donors (Lipinski definition) is 1. The van der Waals surface area contributed by atoms with Gasteiger partial charge in [0.1, 0.15) is 6.10 Å². The predicted molar refractivity (Wildman–Crippen MR) is 40.4 cm³/mol. The Morgan fingerprint density at radius 2 is 2.40 bits per heavy atom. The molecule has 59 valence electrons. The number of nitrogens with one attached hydrogen (secondary N) is 1. The Morgan fingerprint density at radius 3 is 2.90 bits per heavy atom. The monoisotopic (exact) mass is 142 g/mol. The van der Waals surface area contributed by atoms with Crippen molar-refractivity contribution in [2.45, 2.75) is 44.8 Å². The summed E-state index contributed by atoms with van der Waals surface area (Å²) in [5.41, 5.74) is 0. The SMILES string of the molecule is CCC([O])C1CCCCN1. The largest absolute Gasteiger partial charge is 0.311 e. The lowest BCUT2D eigenvalue weighted by Crippen LogP contribution is -2.42. The third-order valence-corrected chi connectivity index (χ3v) is 2.20. The van der Waals surface area contributed by atoms with E-state index in [2.05, 4.69) is 5.32 Å². The predicted octanol–water partition coefficient (Wildman–Crippen LogP) is 1.34. The molecule has 0 bridgehead atoms. The molecule has 2 unspecified atom stereocenters. The van der Waals surface area contributed by atoms with Crippen molar-refractivity contribution >= 4 is 0 Å². The van der Waals surface area contributed by atoms with Crippen molar-refractivity contribution in [2.24, 2.45) is 0 Å². The van der Waals surface area contributed by atoms with Gasteiger partial charge in [0.15, 0.2) is 0 Å². The van der Waals surface area contributed by atoms with Gasteiger partial charge in [-0.05, 0) is 25.8 Å².